The minimum atomic E-state index is -1.89. The summed E-state index contributed by atoms with van der Waals surface area (Å²) in [6, 6.07) is 0. The minimum absolute atomic E-state index is 0.515. The van der Waals surface area contributed by atoms with Crippen molar-refractivity contribution in [2.45, 2.75) is 12.6 Å². The summed E-state index contributed by atoms with van der Waals surface area (Å²) in [5.74, 6) is 0. The van der Waals surface area contributed by atoms with E-state index in [9.17, 15) is 9.18 Å². The van der Waals surface area contributed by atoms with Gasteiger partial charge in [0.25, 0.3) is 0 Å². The smallest absolute Gasteiger partial charge is 0.404 e. The number of aliphatic hydroxyl groups excluding tert-OH is 1. The Morgan fingerprint density at radius 1 is 1.90 bits per heavy atom. The van der Waals surface area contributed by atoms with E-state index in [1.54, 1.807) is 0 Å². The molecular weight excluding hydrogens is 141 g/mol. The maximum absolute atomic E-state index is 12.6. The zero-order chi connectivity index (χ0) is 8.20. The summed E-state index contributed by atoms with van der Waals surface area (Å²) < 4.78 is 16.7. The fourth-order valence-corrected chi connectivity index (χ4v) is 0.267. The Kier molecular flexibility index (Phi) is 3.08. The number of hydrogen-bond donors (Lipinski definition) is 2. The lowest BCUT2D eigenvalue weighted by Crippen LogP contribution is -2.32. The van der Waals surface area contributed by atoms with E-state index < -0.39 is 25.0 Å². The van der Waals surface area contributed by atoms with Gasteiger partial charge in [0.05, 0.1) is 6.61 Å². The molecule has 0 aromatic carbocycles. The maximum Gasteiger partial charge on any atom is 0.404 e. The molecule has 0 rings (SSSR count). The Balaban J connectivity index is 3.56. The molecule has 0 saturated carbocycles. The molecular formula is C5H10FNO3. The van der Waals surface area contributed by atoms with Crippen LogP contribution in [-0.4, -0.2) is 30.1 Å². The average molecular weight is 151 g/mol. The molecule has 0 saturated heterocycles. The van der Waals surface area contributed by atoms with Crippen LogP contribution in [0.15, 0.2) is 0 Å². The first-order valence-corrected chi connectivity index (χ1v) is 2.70. The average Bonchev–Trinajstić information content (AvgIpc) is 1.85. The molecule has 0 aliphatic rings. The second kappa shape index (κ2) is 3.36. The van der Waals surface area contributed by atoms with Crippen LogP contribution >= 0.6 is 0 Å². The van der Waals surface area contributed by atoms with Crippen LogP contribution in [0.2, 0.25) is 0 Å². The van der Waals surface area contributed by atoms with E-state index in [1.165, 1.54) is 0 Å². The van der Waals surface area contributed by atoms with E-state index >= 15 is 0 Å². The van der Waals surface area contributed by atoms with Gasteiger partial charge >= 0.3 is 6.09 Å². The lowest BCUT2D eigenvalue weighted by molar-refractivity contribution is 0.0216. The number of rotatable bonds is 3. The van der Waals surface area contributed by atoms with Crippen LogP contribution < -0.4 is 5.73 Å². The Morgan fingerprint density at radius 3 is 2.70 bits per heavy atom. The summed E-state index contributed by atoms with van der Waals surface area (Å²) in [7, 11) is 0. The van der Waals surface area contributed by atoms with Crippen molar-refractivity contribution in [2.24, 2.45) is 5.73 Å². The molecule has 0 aromatic rings. The Bertz CT molecular complexity index is 126. The molecule has 1 unspecified atom stereocenters. The largest absolute Gasteiger partial charge is 0.446 e. The van der Waals surface area contributed by atoms with Gasteiger partial charge in [-0.2, -0.15) is 0 Å². The zero-order valence-corrected chi connectivity index (χ0v) is 5.63. The number of aliphatic hydroxyl groups is 1. The normalized spacial score (nSPS) is 15.9. The molecule has 5 heteroatoms. The van der Waals surface area contributed by atoms with Crippen LogP contribution in [0.4, 0.5) is 9.18 Å². The van der Waals surface area contributed by atoms with E-state index in [4.69, 9.17) is 5.11 Å². The highest BCUT2D eigenvalue weighted by molar-refractivity contribution is 5.64. The van der Waals surface area contributed by atoms with Crippen molar-refractivity contribution in [1.82, 2.24) is 0 Å². The second-order valence-electron chi connectivity index (χ2n) is 2.18. The lowest BCUT2D eigenvalue weighted by Gasteiger charge is -2.15. The Hall–Kier alpha value is -0.840. The highest BCUT2D eigenvalue weighted by Crippen LogP contribution is 2.08. The fourth-order valence-electron chi connectivity index (χ4n) is 0.267. The molecule has 0 spiro atoms. The van der Waals surface area contributed by atoms with Crippen molar-refractivity contribution in [3.63, 3.8) is 0 Å². The first-order valence-electron chi connectivity index (χ1n) is 2.70. The van der Waals surface area contributed by atoms with Gasteiger partial charge in [0.2, 0.25) is 0 Å². The molecule has 1 atom stereocenters. The SMILES string of the molecule is CC(F)(CO)COC(N)=O. The van der Waals surface area contributed by atoms with Gasteiger partial charge < -0.3 is 15.6 Å². The van der Waals surface area contributed by atoms with Crippen LogP contribution in [0.25, 0.3) is 0 Å². The van der Waals surface area contributed by atoms with E-state index in [0.29, 0.717) is 0 Å². The Morgan fingerprint density at radius 2 is 2.40 bits per heavy atom. The molecule has 3 N–H and O–H groups in total. The molecule has 0 aliphatic carbocycles. The molecule has 0 aromatic heterocycles. The molecule has 1 amide bonds. The van der Waals surface area contributed by atoms with Gasteiger partial charge in [-0.3, -0.25) is 0 Å². The van der Waals surface area contributed by atoms with Crippen molar-refractivity contribution in [3.05, 3.63) is 0 Å². The van der Waals surface area contributed by atoms with E-state index in [-0.39, 0.29) is 0 Å². The minimum Gasteiger partial charge on any atom is -0.446 e. The fraction of sp³-hybridized carbons (Fsp3) is 0.800. The van der Waals surface area contributed by atoms with Crippen LogP contribution in [0, 0.1) is 0 Å². The number of carbonyl (C=O) groups is 1. The number of halogens is 1. The van der Waals surface area contributed by atoms with Crippen molar-refractivity contribution < 1.29 is 19.0 Å². The topological polar surface area (TPSA) is 72.6 Å². The van der Waals surface area contributed by atoms with Crippen LogP contribution in [-0.2, 0) is 4.74 Å². The molecule has 0 aliphatic heterocycles. The summed E-state index contributed by atoms with van der Waals surface area (Å²) in [6.45, 7) is -0.102. The Labute approximate surface area is 57.8 Å². The summed E-state index contributed by atoms with van der Waals surface area (Å²) in [5.41, 5.74) is 2.65. The van der Waals surface area contributed by atoms with Gasteiger partial charge in [0.1, 0.15) is 6.61 Å². The quantitative estimate of drug-likeness (QED) is 0.586. The first-order chi connectivity index (χ1) is 4.48. The number of hydrogen-bond acceptors (Lipinski definition) is 3. The first kappa shape index (κ1) is 9.16. The number of nitrogens with two attached hydrogens (primary N) is 1. The van der Waals surface area contributed by atoms with Crippen LogP contribution in [0.3, 0.4) is 0 Å². The number of primary amides is 1. The standard InChI is InChI=1S/C5H10FNO3/c1-5(6,2-8)3-10-4(7)9/h8H,2-3H2,1H3,(H2,7,9). The summed E-state index contributed by atoms with van der Waals surface area (Å²) in [4.78, 5) is 9.91. The third kappa shape index (κ3) is 4.08. The van der Waals surface area contributed by atoms with Gasteiger partial charge in [0.15, 0.2) is 5.67 Å². The molecule has 0 heterocycles. The highest BCUT2D eigenvalue weighted by atomic mass is 19.1. The number of amides is 1. The number of carbonyl (C=O) groups excluding carboxylic acids is 1. The molecule has 60 valence electrons. The van der Waals surface area contributed by atoms with Crippen molar-refractivity contribution in [1.29, 1.82) is 0 Å². The summed E-state index contributed by atoms with van der Waals surface area (Å²) >= 11 is 0. The molecule has 10 heavy (non-hydrogen) atoms. The lowest BCUT2D eigenvalue weighted by atomic mass is 10.2. The predicted molar refractivity (Wildman–Crippen MR) is 32.1 cm³/mol. The van der Waals surface area contributed by atoms with Gasteiger partial charge in [-0.05, 0) is 6.92 Å². The highest BCUT2D eigenvalue weighted by Gasteiger charge is 2.23. The maximum atomic E-state index is 12.6. The predicted octanol–water partition coefficient (Wildman–Crippen LogP) is -0.198. The molecule has 0 fully saturated rings. The second-order valence-corrected chi connectivity index (χ2v) is 2.18. The molecule has 0 radical (unpaired) electrons. The van der Waals surface area contributed by atoms with Gasteiger partial charge in [-0.15, -0.1) is 0 Å². The van der Waals surface area contributed by atoms with E-state index in [2.05, 4.69) is 10.5 Å². The van der Waals surface area contributed by atoms with Gasteiger partial charge in [0, 0.05) is 0 Å². The summed E-state index contributed by atoms with van der Waals surface area (Å²) in [6.07, 6.45) is -1.04. The van der Waals surface area contributed by atoms with Crippen LogP contribution in [0.5, 0.6) is 0 Å². The van der Waals surface area contributed by atoms with E-state index in [1.807, 2.05) is 0 Å². The number of alkyl halides is 1. The molecule has 0 bridgehead atoms. The van der Waals surface area contributed by atoms with Crippen LogP contribution in [0.1, 0.15) is 6.92 Å². The molecule has 4 nitrogen and oxygen atoms in total. The zero-order valence-electron chi connectivity index (χ0n) is 5.63. The van der Waals surface area contributed by atoms with Crippen molar-refractivity contribution in [3.8, 4) is 0 Å². The summed E-state index contributed by atoms with van der Waals surface area (Å²) in [5, 5.41) is 8.30. The third-order valence-electron chi connectivity index (χ3n) is 0.845. The van der Waals surface area contributed by atoms with Crippen molar-refractivity contribution in [2.75, 3.05) is 13.2 Å². The number of ether oxygens (including phenoxy) is 1. The van der Waals surface area contributed by atoms with E-state index in [0.717, 1.165) is 6.92 Å². The van der Waals surface area contributed by atoms with Gasteiger partial charge in [-0.1, -0.05) is 0 Å². The van der Waals surface area contributed by atoms with Crippen molar-refractivity contribution >= 4 is 6.09 Å². The monoisotopic (exact) mass is 151 g/mol. The third-order valence-corrected chi connectivity index (χ3v) is 0.845. The van der Waals surface area contributed by atoms with Gasteiger partial charge in [-0.25, -0.2) is 9.18 Å².